The molecule has 0 aliphatic carbocycles. The minimum atomic E-state index is 0.0111. The summed E-state index contributed by atoms with van der Waals surface area (Å²) in [5.41, 5.74) is 1.16. The van der Waals surface area contributed by atoms with Gasteiger partial charge in [0.1, 0.15) is 0 Å². The first kappa shape index (κ1) is 16.8. The molecule has 0 spiro atoms. The highest BCUT2D eigenvalue weighted by atomic mass is 35.5. The van der Waals surface area contributed by atoms with Crippen LogP contribution in [0.2, 0.25) is 5.02 Å². The van der Waals surface area contributed by atoms with Gasteiger partial charge in [-0.2, -0.15) is 0 Å². The summed E-state index contributed by atoms with van der Waals surface area (Å²) in [7, 11) is 0. The third-order valence-electron chi connectivity index (χ3n) is 4.47. The van der Waals surface area contributed by atoms with Crippen molar-refractivity contribution in [2.24, 2.45) is 0 Å². The van der Waals surface area contributed by atoms with Crippen molar-refractivity contribution in [1.29, 1.82) is 0 Å². The second-order valence-corrected chi connectivity index (χ2v) is 6.58. The number of aromatic nitrogens is 2. The van der Waals surface area contributed by atoms with E-state index >= 15 is 0 Å². The highest BCUT2D eigenvalue weighted by molar-refractivity contribution is 6.30. The van der Waals surface area contributed by atoms with Crippen molar-refractivity contribution in [3.05, 3.63) is 53.6 Å². The highest BCUT2D eigenvalue weighted by Crippen LogP contribution is 2.30. The zero-order valence-corrected chi connectivity index (χ0v) is 14.5. The molecule has 3 rings (SSSR count). The second kappa shape index (κ2) is 8.20. The zero-order valence-electron chi connectivity index (χ0n) is 13.7. The topological polar surface area (TPSA) is 50.2 Å². The van der Waals surface area contributed by atoms with Crippen LogP contribution in [0.1, 0.15) is 37.3 Å². The van der Waals surface area contributed by atoms with Crippen LogP contribution < -0.4 is 5.32 Å². The van der Waals surface area contributed by atoms with Gasteiger partial charge >= 0.3 is 6.03 Å². The maximum absolute atomic E-state index is 12.7. The van der Waals surface area contributed by atoms with Gasteiger partial charge in [-0.05, 0) is 30.5 Å². The molecule has 1 unspecified atom stereocenters. The maximum atomic E-state index is 12.7. The standard InChI is InChI=1S/C18H23ClN4O/c19-16-7-5-15(6-8-16)17-4-2-1-3-11-23(17)18(24)21-10-13-22-12-9-20-14-22/h5-9,12,14,17H,1-4,10-11,13H2,(H,21,24). The van der Waals surface area contributed by atoms with E-state index in [9.17, 15) is 4.79 Å². The molecule has 2 amide bonds. The number of likely N-dealkylation sites (tertiary alicyclic amines) is 1. The number of halogens is 1. The molecule has 6 heteroatoms. The van der Waals surface area contributed by atoms with Gasteiger partial charge in [0.05, 0.1) is 12.4 Å². The van der Waals surface area contributed by atoms with E-state index in [0.717, 1.165) is 42.9 Å². The largest absolute Gasteiger partial charge is 0.336 e. The summed E-state index contributed by atoms with van der Waals surface area (Å²) in [4.78, 5) is 18.7. The Bertz CT molecular complexity index is 642. The van der Waals surface area contributed by atoms with Crippen molar-refractivity contribution in [3.63, 3.8) is 0 Å². The summed E-state index contributed by atoms with van der Waals surface area (Å²) >= 11 is 6.00. The molecule has 128 valence electrons. The van der Waals surface area contributed by atoms with Crippen molar-refractivity contribution in [2.45, 2.75) is 38.3 Å². The van der Waals surface area contributed by atoms with Crippen LogP contribution in [0.3, 0.4) is 0 Å². The fourth-order valence-corrected chi connectivity index (χ4v) is 3.32. The fourth-order valence-electron chi connectivity index (χ4n) is 3.20. The van der Waals surface area contributed by atoms with Crippen LogP contribution in [0, 0.1) is 0 Å². The van der Waals surface area contributed by atoms with Crippen molar-refractivity contribution in [1.82, 2.24) is 19.8 Å². The normalized spacial score (nSPS) is 18.2. The number of amides is 2. The number of carbonyl (C=O) groups is 1. The lowest BCUT2D eigenvalue weighted by molar-refractivity contribution is 0.175. The molecule has 1 aliphatic heterocycles. The van der Waals surface area contributed by atoms with Gasteiger partial charge in [-0.3, -0.25) is 0 Å². The molecule has 0 radical (unpaired) electrons. The van der Waals surface area contributed by atoms with E-state index < -0.39 is 0 Å². The zero-order chi connectivity index (χ0) is 16.8. The quantitative estimate of drug-likeness (QED) is 0.913. The van der Waals surface area contributed by atoms with E-state index in [1.54, 1.807) is 12.5 Å². The number of hydrogen-bond donors (Lipinski definition) is 1. The molecular formula is C18H23ClN4O. The average Bonchev–Trinajstić information content (AvgIpc) is 2.98. The van der Waals surface area contributed by atoms with E-state index in [1.807, 2.05) is 39.9 Å². The molecule has 1 aromatic heterocycles. The summed E-state index contributed by atoms with van der Waals surface area (Å²) in [6, 6.07) is 8.00. The van der Waals surface area contributed by atoms with Crippen LogP contribution in [0.15, 0.2) is 43.0 Å². The van der Waals surface area contributed by atoms with Crippen molar-refractivity contribution in [2.75, 3.05) is 13.1 Å². The Hall–Kier alpha value is -2.01. The van der Waals surface area contributed by atoms with Crippen LogP contribution >= 0.6 is 11.6 Å². The minimum Gasteiger partial charge on any atom is -0.336 e. The Balaban J connectivity index is 1.64. The fraction of sp³-hybridized carbons (Fsp3) is 0.444. The Morgan fingerprint density at radius 1 is 1.25 bits per heavy atom. The van der Waals surface area contributed by atoms with Crippen molar-refractivity contribution >= 4 is 17.6 Å². The second-order valence-electron chi connectivity index (χ2n) is 6.14. The number of nitrogens with zero attached hydrogens (tertiary/aromatic N) is 3. The Morgan fingerprint density at radius 3 is 2.83 bits per heavy atom. The molecule has 0 bridgehead atoms. The Kier molecular flexibility index (Phi) is 5.75. The average molecular weight is 347 g/mol. The molecule has 1 aliphatic rings. The van der Waals surface area contributed by atoms with Crippen LogP contribution in [-0.2, 0) is 6.54 Å². The molecule has 1 fully saturated rings. The SMILES string of the molecule is O=C(NCCn1ccnc1)N1CCCCCC1c1ccc(Cl)cc1. The van der Waals surface area contributed by atoms with Gasteiger partial charge in [0, 0.05) is 37.1 Å². The summed E-state index contributed by atoms with van der Waals surface area (Å²) < 4.78 is 1.96. The predicted octanol–water partition coefficient (Wildman–Crippen LogP) is 3.86. The lowest BCUT2D eigenvalue weighted by Crippen LogP contribution is -2.43. The number of benzene rings is 1. The van der Waals surface area contributed by atoms with Crippen LogP contribution in [0.4, 0.5) is 4.79 Å². The first-order valence-corrected chi connectivity index (χ1v) is 8.87. The predicted molar refractivity (Wildman–Crippen MR) is 95.0 cm³/mol. The van der Waals surface area contributed by atoms with Crippen molar-refractivity contribution < 1.29 is 4.79 Å². The summed E-state index contributed by atoms with van der Waals surface area (Å²) in [6.07, 6.45) is 9.76. The number of hydrogen-bond acceptors (Lipinski definition) is 2. The van der Waals surface area contributed by atoms with Gasteiger partial charge in [-0.25, -0.2) is 9.78 Å². The maximum Gasteiger partial charge on any atom is 0.317 e. The molecule has 2 heterocycles. The highest BCUT2D eigenvalue weighted by Gasteiger charge is 2.26. The third-order valence-corrected chi connectivity index (χ3v) is 4.73. The van der Waals surface area contributed by atoms with Crippen LogP contribution in [0.5, 0.6) is 0 Å². The first-order valence-electron chi connectivity index (χ1n) is 8.50. The number of carbonyl (C=O) groups excluding carboxylic acids is 1. The summed E-state index contributed by atoms with van der Waals surface area (Å²) in [6.45, 7) is 2.12. The molecule has 1 aromatic carbocycles. The molecule has 1 N–H and O–H groups in total. The Morgan fingerprint density at radius 2 is 2.08 bits per heavy atom. The molecule has 0 saturated carbocycles. The monoisotopic (exact) mass is 346 g/mol. The van der Waals surface area contributed by atoms with Gasteiger partial charge in [-0.15, -0.1) is 0 Å². The van der Waals surface area contributed by atoms with E-state index in [0.29, 0.717) is 6.54 Å². The first-order chi connectivity index (χ1) is 11.7. The number of rotatable bonds is 4. The van der Waals surface area contributed by atoms with Gasteiger partial charge in [-0.1, -0.05) is 36.6 Å². The summed E-state index contributed by atoms with van der Waals surface area (Å²) in [5, 5.41) is 3.77. The van der Waals surface area contributed by atoms with Gasteiger partial charge in [0.25, 0.3) is 0 Å². The molecule has 2 aromatic rings. The van der Waals surface area contributed by atoms with Crippen LogP contribution in [0.25, 0.3) is 0 Å². The lowest BCUT2D eigenvalue weighted by Gasteiger charge is -2.30. The molecule has 1 atom stereocenters. The number of imidazole rings is 1. The molecular weight excluding hydrogens is 324 g/mol. The van der Waals surface area contributed by atoms with E-state index in [4.69, 9.17) is 11.6 Å². The van der Waals surface area contributed by atoms with E-state index in [2.05, 4.69) is 10.3 Å². The van der Waals surface area contributed by atoms with Gasteiger partial charge in [0.2, 0.25) is 0 Å². The summed E-state index contributed by atoms with van der Waals surface area (Å²) in [5.74, 6) is 0. The number of urea groups is 1. The number of nitrogens with one attached hydrogen (secondary N) is 1. The van der Waals surface area contributed by atoms with Gasteiger partial charge < -0.3 is 14.8 Å². The van der Waals surface area contributed by atoms with Gasteiger partial charge in [0.15, 0.2) is 0 Å². The Labute approximate surface area is 147 Å². The third kappa shape index (κ3) is 4.29. The molecule has 24 heavy (non-hydrogen) atoms. The van der Waals surface area contributed by atoms with Crippen LogP contribution in [-0.4, -0.2) is 33.6 Å². The lowest BCUT2D eigenvalue weighted by atomic mass is 10.0. The minimum absolute atomic E-state index is 0.0111. The van der Waals surface area contributed by atoms with Crippen molar-refractivity contribution in [3.8, 4) is 0 Å². The molecule has 1 saturated heterocycles. The van der Waals surface area contributed by atoms with E-state index in [-0.39, 0.29) is 12.1 Å². The smallest absolute Gasteiger partial charge is 0.317 e. The molecule has 5 nitrogen and oxygen atoms in total. The van der Waals surface area contributed by atoms with E-state index in [1.165, 1.54) is 6.42 Å².